The van der Waals surface area contributed by atoms with E-state index in [4.69, 9.17) is 9.47 Å². The number of ether oxygens (including phenoxy) is 2. The number of imidazole rings is 1. The summed E-state index contributed by atoms with van der Waals surface area (Å²) in [6, 6.07) is 22.2. The van der Waals surface area contributed by atoms with Crippen molar-refractivity contribution >= 4 is 22.8 Å². The van der Waals surface area contributed by atoms with E-state index >= 15 is 0 Å². The minimum absolute atomic E-state index is 0.493. The van der Waals surface area contributed by atoms with Gasteiger partial charge in [-0.1, -0.05) is 18.2 Å². The van der Waals surface area contributed by atoms with Gasteiger partial charge in [0.05, 0.1) is 17.6 Å². The van der Waals surface area contributed by atoms with Crippen molar-refractivity contribution in [2.45, 2.75) is 6.92 Å². The fourth-order valence-electron chi connectivity index (χ4n) is 2.90. The third kappa shape index (κ3) is 3.81. The fourth-order valence-corrected chi connectivity index (χ4v) is 2.90. The molecule has 0 spiro atoms. The van der Waals surface area contributed by atoms with Crippen LogP contribution in [0.2, 0.25) is 0 Å². The van der Waals surface area contributed by atoms with E-state index in [1.54, 1.807) is 18.5 Å². The summed E-state index contributed by atoms with van der Waals surface area (Å²) >= 11 is 0. The lowest BCUT2D eigenvalue weighted by Gasteiger charge is -2.09. The third-order valence-electron chi connectivity index (χ3n) is 4.18. The van der Waals surface area contributed by atoms with Crippen LogP contribution in [-0.4, -0.2) is 22.3 Å². The molecule has 6 nitrogen and oxygen atoms in total. The van der Waals surface area contributed by atoms with Gasteiger partial charge >= 0.3 is 6.09 Å². The summed E-state index contributed by atoms with van der Waals surface area (Å²) in [4.78, 5) is 16.4. The quantitative estimate of drug-likeness (QED) is 0.532. The molecule has 0 radical (unpaired) electrons. The van der Waals surface area contributed by atoms with Gasteiger partial charge in [0.15, 0.2) is 0 Å². The summed E-state index contributed by atoms with van der Waals surface area (Å²) < 4.78 is 12.7. The van der Waals surface area contributed by atoms with Crippen LogP contribution in [0.4, 0.5) is 10.5 Å². The van der Waals surface area contributed by atoms with Gasteiger partial charge in [-0.2, -0.15) is 0 Å². The summed E-state index contributed by atoms with van der Waals surface area (Å²) in [7, 11) is 0. The average molecular weight is 373 g/mol. The zero-order valence-electron chi connectivity index (χ0n) is 15.3. The first kappa shape index (κ1) is 17.6. The number of aromatic nitrogens is 2. The van der Waals surface area contributed by atoms with Gasteiger partial charge in [0.25, 0.3) is 0 Å². The number of anilines is 1. The molecule has 1 N–H and O–H groups in total. The standard InChI is InChI=1S/C22H19N3O3/c1-2-27-19-12-13-21-20(14-19)23-15-25(21)17-10-8-16(9-11-17)24-22(26)28-18-6-4-3-5-7-18/h3-15H,2H2,1H3,(H,24,26). The van der Waals surface area contributed by atoms with Crippen molar-refractivity contribution in [1.29, 1.82) is 0 Å². The van der Waals surface area contributed by atoms with Crippen molar-refractivity contribution in [3.8, 4) is 17.2 Å². The molecule has 0 fully saturated rings. The van der Waals surface area contributed by atoms with Crippen molar-refractivity contribution in [3.63, 3.8) is 0 Å². The van der Waals surface area contributed by atoms with E-state index < -0.39 is 6.09 Å². The second kappa shape index (κ2) is 7.84. The SMILES string of the molecule is CCOc1ccc2c(c1)ncn2-c1ccc(NC(=O)Oc2ccccc2)cc1. The molecule has 4 aromatic rings. The molecule has 0 atom stereocenters. The van der Waals surface area contributed by atoms with Crippen molar-refractivity contribution in [1.82, 2.24) is 9.55 Å². The number of nitrogens with one attached hydrogen (secondary N) is 1. The van der Waals surface area contributed by atoms with E-state index in [0.717, 1.165) is 22.5 Å². The average Bonchev–Trinajstić information content (AvgIpc) is 3.13. The van der Waals surface area contributed by atoms with Crippen molar-refractivity contribution in [3.05, 3.63) is 79.1 Å². The first-order valence-corrected chi connectivity index (χ1v) is 8.97. The lowest BCUT2D eigenvalue weighted by atomic mass is 10.2. The van der Waals surface area contributed by atoms with Gasteiger partial charge in [-0.25, -0.2) is 9.78 Å². The minimum Gasteiger partial charge on any atom is -0.494 e. The zero-order valence-corrected chi connectivity index (χ0v) is 15.3. The van der Waals surface area contributed by atoms with Gasteiger partial charge in [-0.15, -0.1) is 0 Å². The zero-order chi connectivity index (χ0) is 19.3. The van der Waals surface area contributed by atoms with Crippen LogP contribution in [0.1, 0.15) is 6.92 Å². The highest BCUT2D eigenvalue weighted by Crippen LogP contribution is 2.23. The number of fused-ring (bicyclic) bond motifs is 1. The summed E-state index contributed by atoms with van der Waals surface area (Å²) in [6.45, 7) is 2.57. The Morgan fingerprint density at radius 3 is 2.54 bits per heavy atom. The molecular weight excluding hydrogens is 354 g/mol. The Bertz CT molecular complexity index is 1090. The Kier molecular flexibility index (Phi) is 4.93. The fraction of sp³-hybridized carbons (Fsp3) is 0.0909. The molecule has 0 aliphatic heterocycles. The molecule has 0 bridgehead atoms. The van der Waals surface area contributed by atoms with Crippen LogP contribution in [0.5, 0.6) is 11.5 Å². The Morgan fingerprint density at radius 2 is 1.79 bits per heavy atom. The third-order valence-corrected chi connectivity index (χ3v) is 4.18. The largest absolute Gasteiger partial charge is 0.494 e. The number of carbonyl (C=O) groups is 1. The van der Waals surface area contributed by atoms with Crippen LogP contribution in [0.25, 0.3) is 16.7 Å². The summed E-state index contributed by atoms with van der Waals surface area (Å²) in [5.74, 6) is 1.30. The van der Waals surface area contributed by atoms with E-state index in [2.05, 4.69) is 10.3 Å². The molecule has 6 heteroatoms. The maximum absolute atomic E-state index is 12.0. The van der Waals surface area contributed by atoms with Crippen molar-refractivity contribution in [2.24, 2.45) is 0 Å². The molecule has 1 heterocycles. The van der Waals surface area contributed by atoms with Gasteiger partial charge in [-0.3, -0.25) is 9.88 Å². The number of benzene rings is 3. The summed E-state index contributed by atoms with van der Waals surface area (Å²) in [6.07, 6.45) is 1.24. The van der Waals surface area contributed by atoms with Crippen LogP contribution >= 0.6 is 0 Å². The molecular formula is C22H19N3O3. The lowest BCUT2D eigenvalue weighted by Crippen LogP contribution is -2.16. The molecule has 0 saturated heterocycles. The predicted molar refractivity (Wildman–Crippen MR) is 108 cm³/mol. The molecule has 0 aliphatic rings. The Labute approximate surface area is 162 Å². The highest BCUT2D eigenvalue weighted by Gasteiger charge is 2.08. The first-order valence-electron chi connectivity index (χ1n) is 8.97. The summed E-state index contributed by atoms with van der Waals surface area (Å²) in [5.41, 5.74) is 3.42. The molecule has 0 unspecified atom stereocenters. The smallest absolute Gasteiger partial charge is 0.417 e. The van der Waals surface area contributed by atoms with Crippen LogP contribution in [0, 0.1) is 0 Å². The number of rotatable bonds is 5. The van der Waals surface area contributed by atoms with E-state index in [1.807, 2.05) is 72.2 Å². The minimum atomic E-state index is -0.532. The van der Waals surface area contributed by atoms with Gasteiger partial charge in [0.1, 0.15) is 17.8 Å². The normalized spacial score (nSPS) is 10.6. The predicted octanol–water partition coefficient (Wildman–Crippen LogP) is 5.04. The second-order valence-electron chi connectivity index (χ2n) is 6.07. The van der Waals surface area contributed by atoms with Gasteiger partial charge in [-0.05, 0) is 55.5 Å². The lowest BCUT2D eigenvalue weighted by molar-refractivity contribution is 0.215. The topological polar surface area (TPSA) is 65.4 Å². The summed E-state index contributed by atoms with van der Waals surface area (Å²) in [5, 5.41) is 2.72. The molecule has 4 rings (SSSR count). The number of hydrogen-bond donors (Lipinski definition) is 1. The van der Waals surface area contributed by atoms with Crippen LogP contribution in [0.3, 0.4) is 0 Å². The van der Waals surface area contributed by atoms with Crippen LogP contribution in [-0.2, 0) is 0 Å². The molecule has 3 aromatic carbocycles. The van der Waals surface area contributed by atoms with Gasteiger partial charge in [0.2, 0.25) is 0 Å². The monoisotopic (exact) mass is 373 g/mol. The highest BCUT2D eigenvalue weighted by molar-refractivity contribution is 5.86. The number of nitrogens with zero attached hydrogens (tertiary/aromatic N) is 2. The Morgan fingerprint density at radius 1 is 1.00 bits per heavy atom. The Balaban J connectivity index is 1.48. The number of para-hydroxylation sites is 1. The number of amides is 1. The number of hydrogen-bond acceptors (Lipinski definition) is 4. The van der Waals surface area contributed by atoms with Crippen LogP contribution < -0.4 is 14.8 Å². The number of carbonyl (C=O) groups excluding carboxylic acids is 1. The highest BCUT2D eigenvalue weighted by atomic mass is 16.6. The Hall–Kier alpha value is -3.80. The molecule has 28 heavy (non-hydrogen) atoms. The maximum Gasteiger partial charge on any atom is 0.417 e. The molecule has 0 aliphatic carbocycles. The first-order chi connectivity index (χ1) is 13.7. The van der Waals surface area contributed by atoms with E-state index in [0.29, 0.717) is 18.0 Å². The maximum atomic E-state index is 12.0. The van der Waals surface area contributed by atoms with E-state index in [1.165, 1.54) is 0 Å². The van der Waals surface area contributed by atoms with Gasteiger partial charge < -0.3 is 9.47 Å². The van der Waals surface area contributed by atoms with E-state index in [9.17, 15) is 4.79 Å². The molecule has 1 amide bonds. The van der Waals surface area contributed by atoms with Crippen molar-refractivity contribution < 1.29 is 14.3 Å². The van der Waals surface area contributed by atoms with Crippen LogP contribution in [0.15, 0.2) is 79.1 Å². The molecule has 140 valence electrons. The van der Waals surface area contributed by atoms with E-state index in [-0.39, 0.29) is 0 Å². The van der Waals surface area contributed by atoms with Crippen molar-refractivity contribution in [2.75, 3.05) is 11.9 Å². The van der Waals surface area contributed by atoms with Gasteiger partial charge in [0, 0.05) is 17.4 Å². The molecule has 1 aromatic heterocycles. The molecule has 0 saturated carbocycles. The second-order valence-corrected chi connectivity index (χ2v) is 6.07.